The van der Waals surface area contributed by atoms with Crippen LogP contribution in [0.15, 0.2) is 42.6 Å². The van der Waals surface area contributed by atoms with Crippen LogP contribution in [0, 0.1) is 0 Å². The molecule has 0 aliphatic carbocycles. The summed E-state index contributed by atoms with van der Waals surface area (Å²) in [4.78, 5) is 29.2. The summed E-state index contributed by atoms with van der Waals surface area (Å²) in [7, 11) is 0. The quantitative estimate of drug-likeness (QED) is 0.646. The Bertz CT molecular complexity index is 772. The number of carbonyl (C=O) groups is 2. The highest BCUT2D eigenvalue weighted by Crippen LogP contribution is 2.21. The van der Waals surface area contributed by atoms with Gasteiger partial charge in [0.15, 0.2) is 0 Å². The number of nitrogens with zero attached hydrogens (tertiary/aromatic N) is 2. The van der Waals surface area contributed by atoms with Crippen molar-refractivity contribution >= 4 is 35.0 Å². The van der Waals surface area contributed by atoms with Gasteiger partial charge in [-0.2, -0.15) is 0 Å². The van der Waals surface area contributed by atoms with Crippen LogP contribution >= 0.6 is 23.2 Å². The summed E-state index contributed by atoms with van der Waals surface area (Å²) in [6, 6.07) is 9.77. The van der Waals surface area contributed by atoms with Gasteiger partial charge in [-0.15, -0.1) is 0 Å². The number of benzene rings is 1. The monoisotopic (exact) mass is 365 g/mol. The molecule has 0 radical (unpaired) electrons. The molecule has 1 aromatic heterocycles. The zero-order chi connectivity index (χ0) is 17.9. The highest BCUT2D eigenvalue weighted by molar-refractivity contribution is 6.34. The molecular formula is C17H17Cl2N3O2. The van der Waals surface area contributed by atoms with Gasteiger partial charge in [0.2, 0.25) is 0 Å². The summed E-state index contributed by atoms with van der Waals surface area (Å²) >= 11 is 12.0. The number of rotatable bonds is 2. The van der Waals surface area contributed by atoms with Gasteiger partial charge in [-0.05, 0) is 45.0 Å². The molecule has 24 heavy (non-hydrogen) atoms. The van der Waals surface area contributed by atoms with Crippen molar-refractivity contribution in [1.82, 2.24) is 15.4 Å². The minimum Gasteiger partial charge on any atom is -0.267 e. The molecule has 2 aromatic rings. The maximum atomic E-state index is 12.8. The van der Waals surface area contributed by atoms with Crippen LogP contribution in [0.3, 0.4) is 0 Å². The van der Waals surface area contributed by atoms with E-state index in [2.05, 4.69) is 10.4 Å². The lowest BCUT2D eigenvalue weighted by atomic mass is 10.1. The molecule has 1 heterocycles. The summed E-state index contributed by atoms with van der Waals surface area (Å²) in [5.41, 5.74) is 2.40. The standard InChI is InChI=1S/C17H17Cl2N3O2/c1-17(2,3)22(16(24)12-8-6-10-20-14(12)19)21-15(23)11-7-4-5-9-13(11)18/h4-10H,1-3H3,(H,21,23). The minimum atomic E-state index is -0.687. The van der Waals surface area contributed by atoms with Gasteiger partial charge in [-0.1, -0.05) is 35.3 Å². The van der Waals surface area contributed by atoms with Crippen LogP contribution < -0.4 is 5.43 Å². The lowest BCUT2D eigenvalue weighted by molar-refractivity contribution is 0.0358. The van der Waals surface area contributed by atoms with E-state index in [1.165, 1.54) is 11.2 Å². The van der Waals surface area contributed by atoms with Gasteiger partial charge in [-0.25, -0.2) is 9.99 Å². The van der Waals surface area contributed by atoms with Crippen molar-refractivity contribution in [1.29, 1.82) is 0 Å². The first kappa shape index (κ1) is 18.2. The number of pyridine rings is 1. The number of halogens is 2. The Kier molecular flexibility index (Phi) is 5.47. The van der Waals surface area contributed by atoms with Crippen molar-refractivity contribution in [2.24, 2.45) is 0 Å². The first-order valence-corrected chi connectivity index (χ1v) is 7.98. The van der Waals surface area contributed by atoms with E-state index >= 15 is 0 Å². The Morgan fingerprint density at radius 1 is 1.04 bits per heavy atom. The number of hydrazine groups is 1. The highest BCUT2D eigenvalue weighted by Gasteiger charge is 2.31. The molecular weight excluding hydrogens is 349 g/mol. The third-order valence-electron chi connectivity index (χ3n) is 3.20. The molecule has 2 amide bonds. The molecule has 0 aliphatic heterocycles. The van der Waals surface area contributed by atoms with Gasteiger partial charge in [0.25, 0.3) is 11.8 Å². The van der Waals surface area contributed by atoms with Gasteiger partial charge in [-0.3, -0.25) is 15.0 Å². The van der Waals surface area contributed by atoms with E-state index < -0.39 is 17.4 Å². The van der Waals surface area contributed by atoms with Gasteiger partial charge >= 0.3 is 0 Å². The number of aromatic nitrogens is 1. The van der Waals surface area contributed by atoms with Crippen LogP contribution in [0.25, 0.3) is 0 Å². The molecule has 7 heteroatoms. The average Bonchev–Trinajstić information content (AvgIpc) is 2.51. The molecule has 0 aliphatic rings. The summed E-state index contributed by atoms with van der Waals surface area (Å²) in [5, 5.41) is 1.60. The van der Waals surface area contributed by atoms with Crippen molar-refractivity contribution < 1.29 is 9.59 Å². The van der Waals surface area contributed by atoms with Crippen LogP contribution in [0.4, 0.5) is 0 Å². The molecule has 0 saturated carbocycles. The fourth-order valence-corrected chi connectivity index (χ4v) is 2.42. The first-order chi connectivity index (χ1) is 11.2. The summed E-state index contributed by atoms with van der Waals surface area (Å²) < 4.78 is 0. The van der Waals surface area contributed by atoms with Crippen molar-refractivity contribution in [3.05, 3.63) is 63.9 Å². The molecule has 0 spiro atoms. The van der Waals surface area contributed by atoms with Crippen molar-refractivity contribution in [3.8, 4) is 0 Å². The van der Waals surface area contributed by atoms with Crippen LogP contribution in [0.5, 0.6) is 0 Å². The third kappa shape index (κ3) is 4.04. The van der Waals surface area contributed by atoms with Gasteiger partial charge < -0.3 is 0 Å². The molecule has 0 saturated heterocycles. The highest BCUT2D eigenvalue weighted by atomic mass is 35.5. The molecule has 1 aromatic carbocycles. The second kappa shape index (κ2) is 7.20. The molecule has 5 nitrogen and oxygen atoms in total. The molecule has 126 valence electrons. The predicted octanol–water partition coefficient (Wildman–Crippen LogP) is 3.97. The summed E-state index contributed by atoms with van der Waals surface area (Å²) in [6.07, 6.45) is 1.49. The minimum absolute atomic E-state index is 0.0729. The molecule has 0 fully saturated rings. The van der Waals surface area contributed by atoms with Crippen molar-refractivity contribution in [2.45, 2.75) is 26.3 Å². The Balaban J connectivity index is 2.34. The topological polar surface area (TPSA) is 62.3 Å². The second-order valence-corrected chi connectivity index (χ2v) is 6.84. The first-order valence-electron chi connectivity index (χ1n) is 7.22. The van der Waals surface area contributed by atoms with Crippen LogP contribution in [-0.2, 0) is 0 Å². The molecule has 0 atom stereocenters. The van der Waals surface area contributed by atoms with E-state index in [4.69, 9.17) is 23.2 Å². The van der Waals surface area contributed by atoms with Crippen molar-refractivity contribution in [2.75, 3.05) is 0 Å². The van der Waals surface area contributed by atoms with E-state index in [1.54, 1.807) is 57.2 Å². The zero-order valence-corrected chi connectivity index (χ0v) is 15.0. The summed E-state index contributed by atoms with van der Waals surface area (Å²) in [5.74, 6) is -0.940. The van der Waals surface area contributed by atoms with Crippen LogP contribution in [0.2, 0.25) is 10.2 Å². The fraction of sp³-hybridized carbons (Fsp3) is 0.235. The number of hydrogen-bond acceptors (Lipinski definition) is 3. The Labute approximate surface area is 150 Å². The van der Waals surface area contributed by atoms with Gasteiger partial charge in [0.1, 0.15) is 5.15 Å². The Morgan fingerprint density at radius 2 is 1.67 bits per heavy atom. The normalized spacial score (nSPS) is 11.0. The number of hydrogen-bond donors (Lipinski definition) is 1. The van der Waals surface area contributed by atoms with E-state index in [0.717, 1.165) is 0 Å². The lowest BCUT2D eigenvalue weighted by Gasteiger charge is -2.35. The van der Waals surface area contributed by atoms with Crippen LogP contribution in [0.1, 0.15) is 41.5 Å². The number of carbonyl (C=O) groups excluding carboxylic acids is 2. The Hall–Kier alpha value is -2.11. The van der Waals surface area contributed by atoms with E-state index in [0.29, 0.717) is 5.02 Å². The maximum absolute atomic E-state index is 12.8. The SMILES string of the molecule is CC(C)(C)N(NC(=O)c1ccccc1Cl)C(=O)c1cccnc1Cl. The number of amides is 2. The zero-order valence-electron chi connectivity index (χ0n) is 13.5. The van der Waals surface area contributed by atoms with Gasteiger partial charge in [0, 0.05) is 6.20 Å². The van der Waals surface area contributed by atoms with E-state index in [1.807, 2.05) is 0 Å². The largest absolute Gasteiger partial charge is 0.275 e. The second-order valence-electron chi connectivity index (χ2n) is 6.07. The predicted molar refractivity (Wildman–Crippen MR) is 94.1 cm³/mol. The van der Waals surface area contributed by atoms with E-state index in [-0.39, 0.29) is 16.3 Å². The van der Waals surface area contributed by atoms with Crippen molar-refractivity contribution in [3.63, 3.8) is 0 Å². The molecule has 1 N–H and O–H groups in total. The fourth-order valence-electron chi connectivity index (χ4n) is 2.00. The smallest absolute Gasteiger partial charge is 0.267 e. The average molecular weight is 366 g/mol. The molecule has 0 unspecified atom stereocenters. The third-order valence-corrected chi connectivity index (χ3v) is 3.83. The van der Waals surface area contributed by atoms with Crippen LogP contribution in [-0.4, -0.2) is 27.3 Å². The van der Waals surface area contributed by atoms with E-state index in [9.17, 15) is 9.59 Å². The Morgan fingerprint density at radius 3 is 2.25 bits per heavy atom. The summed E-state index contributed by atoms with van der Waals surface area (Å²) in [6.45, 7) is 5.38. The number of nitrogens with one attached hydrogen (secondary N) is 1. The van der Waals surface area contributed by atoms with Gasteiger partial charge in [0.05, 0.1) is 21.7 Å². The molecule has 0 bridgehead atoms. The molecule has 2 rings (SSSR count). The maximum Gasteiger partial charge on any atom is 0.275 e. The lowest BCUT2D eigenvalue weighted by Crippen LogP contribution is -2.56.